The molecule has 0 spiro atoms. The Balaban J connectivity index is 1.59. The molecule has 0 aromatic heterocycles. The van der Waals surface area contributed by atoms with Gasteiger partial charge in [-0.1, -0.05) is 28.9 Å². The summed E-state index contributed by atoms with van der Waals surface area (Å²) in [5, 5.41) is 13.9. The van der Waals surface area contributed by atoms with Crippen molar-refractivity contribution in [2.75, 3.05) is 23.4 Å². The largest absolute Gasteiger partial charge is 0.455 e. The van der Waals surface area contributed by atoms with Crippen LogP contribution in [0.3, 0.4) is 0 Å². The Morgan fingerprint density at radius 1 is 1.28 bits per heavy atom. The molecule has 0 aliphatic carbocycles. The van der Waals surface area contributed by atoms with E-state index in [1.54, 1.807) is 31.2 Å². The zero-order chi connectivity index (χ0) is 23.4. The number of rotatable bonds is 7. The number of ether oxygens (including phenoxy) is 1. The number of halogens is 1. The molecule has 1 heterocycles. The van der Waals surface area contributed by atoms with E-state index >= 15 is 0 Å². The first-order valence-corrected chi connectivity index (χ1v) is 10.8. The Hall–Kier alpha value is -3.27. The highest BCUT2D eigenvalue weighted by atomic mass is 79.9. The Bertz CT molecular complexity index is 1090. The number of carbonyl (C=O) groups is 3. The predicted molar refractivity (Wildman–Crippen MR) is 121 cm³/mol. The monoisotopic (exact) mass is 503 g/mol. The van der Waals surface area contributed by atoms with Crippen LogP contribution in [0.1, 0.15) is 24.5 Å². The summed E-state index contributed by atoms with van der Waals surface area (Å²) in [6, 6.07) is 9.94. The van der Waals surface area contributed by atoms with E-state index in [1.807, 2.05) is 13.0 Å². The number of nitro groups is 1. The second-order valence-electron chi connectivity index (χ2n) is 7.44. The molecule has 10 heteroatoms. The molecule has 0 bridgehead atoms. The molecule has 0 unspecified atom stereocenters. The fourth-order valence-electron chi connectivity index (χ4n) is 3.49. The summed E-state index contributed by atoms with van der Waals surface area (Å²) in [5.74, 6) is -2.23. The summed E-state index contributed by atoms with van der Waals surface area (Å²) < 4.78 is 6.02. The molecule has 1 N–H and O–H groups in total. The molecule has 2 amide bonds. The van der Waals surface area contributed by atoms with Crippen LogP contribution in [0.4, 0.5) is 17.1 Å². The molecule has 1 aliphatic heterocycles. The highest BCUT2D eigenvalue weighted by Crippen LogP contribution is 2.30. The van der Waals surface area contributed by atoms with Crippen molar-refractivity contribution in [2.24, 2.45) is 5.92 Å². The molecule has 2 aromatic rings. The summed E-state index contributed by atoms with van der Waals surface area (Å²) in [4.78, 5) is 49.0. The number of amides is 2. The third kappa shape index (κ3) is 5.31. The van der Waals surface area contributed by atoms with Crippen molar-refractivity contribution in [3.8, 4) is 0 Å². The summed E-state index contributed by atoms with van der Waals surface area (Å²) in [5.41, 5.74) is 2.30. The van der Waals surface area contributed by atoms with Crippen molar-refractivity contribution in [3.63, 3.8) is 0 Å². The van der Waals surface area contributed by atoms with Crippen LogP contribution >= 0.6 is 15.9 Å². The highest BCUT2D eigenvalue weighted by molar-refractivity contribution is 9.10. The van der Waals surface area contributed by atoms with Gasteiger partial charge in [-0.2, -0.15) is 0 Å². The first-order chi connectivity index (χ1) is 15.2. The number of hydrogen-bond acceptors (Lipinski definition) is 6. The first-order valence-electron chi connectivity index (χ1n) is 10.00. The SMILES string of the molecule is CCc1cc(Br)ccc1NC(=O)COC(=O)[C@@H]1CC(=O)N(c2ccc(C)c([N+](=O)[O-])c2)C1. The predicted octanol–water partition coefficient (Wildman–Crippen LogP) is 3.76. The van der Waals surface area contributed by atoms with E-state index in [0.29, 0.717) is 23.4 Å². The molecule has 3 rings (SSSR count). The molecule has 168 valence electrons. The number of anilines is 2. The Kier molecular flexibility index (Phi) is 7.24. The van der Waals surface area contributed by atoms with Gasteiger partial charge < -0.3 is 15.0 Å². The summed E-state index contributed by atoms with van der Waals surface area (Å²) in [7, 11) is 0. The van der Waals surface area contributed by atoms with Crippen LogP contribution < -0.4 is 10.2 Å². The van der Waals surface area contributed by atoms with Crippen molar-refractivity contribution in [1.82, 2.24) is 0 Å². The Morgan fingerprint density at radius 3 is 2.72 bits per heavy atom. The lowest BCUT2D eigenvalue weighted by atomic mass is 10.1. The zero-order valence-corrected chi connectivity index (χ0v) is 19.2. The molecule has 0 radical (unpaired) electrons. The van der Waals surface area contributed by atoms with E-state index in [4.69, 9.17) is 4.74 Å². The van der Waals surface area contributed by atoms with Crippen LogP contribution in [-0.4, -0.2) is 35.9 Å². The fourth-order valence-corrected chi connectivity index (χ4v) is 3.90. The standard InChI is InChI=1S/C22H22BrN3O6/c1-3-14-8-16(23)5-7-18(14)24-20(27)12-32-22(29)15-9-21(28)25(11-15)17-6-4-13(2)19(10-17)26(30)31/h4-8,10,15H,3,9,11-12H2,1-2H3,(H,24,27)/t15-/m1/s1. The molecule has 9 nitrogen and oxygen atoms in total. The smallest absolute Gasteiger partial charge is 0.311 e. The second kappa shape index (κ2) is 9.90. The van der Waals surface area contributed by atoms with Gasteiger partial charge in [-0.15, -0.1) is 0 Å². The van der Waals surface area contributed by atoms with E-state index in [1.165, 1.54) is 11.0 Å². The van der Waals surface area contributed by atoms with Gasteiger partial charge >= 0.3 is 5.97 Å². The minimum Gasteiger partial charge on any atom is -0.455 e. The first kappa shape index (κ1) is 23.4. The third-order valence-corrected chi connectivity index (χ3v) is 5.72. The van der Waals surface area contributed by atoms with Gasteiger partial charge in [0.25, 0.3) is 11.6 Å². The van der Waals surface area contributed by atoms with Crippen molar-refractivity contribution >= 4 is 50.8 Å². The maximum Gasteiger partial charge on any atom is 0.311 e. The number of aryl methyl sites for hydroxylation is 2. The van der Waals surface area contributed by atoms with Crippen molar-refractivity contribution in [3.05, 3.63) is 62.1 Å². The van der Waals surface area contributed by atoms with Crippen molar-refractivity contribution in [2.45, 2.75) is 26.7 Å². The molecular formula is C22H22BrN3O6. The van der Waals surface area contributed by atoms with Crippen LogP contribution in [0.5, 0.6) is 0 Å². The molecule has 2 aromatic carbocycles. The van der Waals surface area contributed by atoms with Crippen LogP contribution in [-0.2, 0) is 25.5 Å². The van der Waals surface area contributed by atoms with Crippen LogP contribution in [0, 0.1) is 23.0 Å². The van der Waals surface area contributed by atoms with E-state index in [9.17, 15) is 24.5 Å². The molecule has 1 fully saturated rings. The number of nitrogens with one attached hydrogen (secondary N) is 1. The van der Waals surface area contributed by atoms with Gasteiger partial charge in [-0.25, -0.2) is 0 Å². The third-order valence-electron chi connectivity index (χ3n) is 5.23. The lowest BCUT2D eigenvalue weighted by molar-refractivity contribution is -0.385. The van der Waals surface area contributed by atoms with E-state index < -0.39 is 29.3 Å². The van der Waals surface area contributed by atoms with E-state index in [0.717, 1.165) is 10.0 Å². The Labute approximate surface area is 193 Å². The number of nitrogens with zero attached hydrogens (tertiary/aromatic N) is 2. The molecule has 0 saturated carbocycles. The summed E-state index contributed by atoms with van der Waals surface area (Å²) >= 11 is 3.38. The van der Waals surface area contributed by atoms with Gasteiger partial charge in [-0.3, -0.25) is 24.5 Å². The van der Waals surface area contributed by atoms with Gasteiger partial charge in [0, 0.05) is 34.8 Å². The molecule has 1 atom stereocenters. The van der Waals surface area contributed by atoms with Crippen LogP contribution in [0.2, 0.25) is 0 Å². The normalized spacial score (nSPS) is 15.5. The summed E-state index contributed by atoms with van der Waals surface area (Å²) in [6.45, 7) is 3.13. The quantitative estimate of drug-likeness (QED) is 0.349. The van der Waals surface area contributed by atoms with Crippen LogP contribution in [0.25, 0.3) is 0 Å². The average Bonchev–Trinajstić information content (AvgIpc) is 3.15. The maximum atomic E-state index is 12.4. The van der Waals surface area contributed by atoms with Crippen LogP contribution in [0.15, 0.2) is 40.9 Å². The second-order valence-corrected chi connectivity index (χ2v) is 8.36. The minimum atomic E-state index is -0.755. The highest BCUT2D eigenvalue weighted by Gasteiger charge is 2.37. The topological polar surface area (TPSA) is 119 Å². The van der Waals surface area contributed by atoms with Gasteiger partial charge in [0.1, 0.15) is 0 Å². The molecular weight excluding hydrogens is 482 g/mol. The summed E-state index contributed by atoms with van der Waals surface area (Å²) in [6.07, 6.45) is 0.626. The van der Waals surface area contributed by atoms with Crippen molar-refractivity contribution in [1.29, 1.82) is 0 Å². The number of nitro benzene ring substituents is 1. The van der Waals surface area contributed by atoms with Gasteiger partial charge in [0.2, 0.25) is 5.91 Å². The van der Waals surface area contributed by atoms with Crippen molar-refractivity contribution < 1.29 is 24.0 Å². The average molecular weight is 504 g/mol. The van der Waals surface area contributed by atoms with E-state index in [-0.39, 0.29) is 24.6 Å². The molecule has 32 heavy (non-hydrogen) atoms. The van der Waals surface area contributed by atoms with Gasteiger partial charge in [0.15, 0.2) is 6.61 Å². The number of benzene rings is 2. The number of carbonyl (C=O) groups excluding carboxylic acids is 3. The number of hydrogen-bond donors (Lipinski definition) is 1. The minimum absolute atomic E-state index is 0.0339. The molecule has 1 saturated heterocycles. The lowest BCUT2D eigenvalue weighted by Crippen LogP contribution is -2.28. The lowest BCUT2D eigenvalue weighted by Gasteiger charge is -2.17. The molecule has 1 aliphatic rings. The Morgan fingerprint density at radius 2 is 2.03 bits per heavy atom. The van der Waals surface area contributed by atoms with Gasteiger partial charge in [-0.05, 0) is 43.2 Å². The van der Waals surface area contributed by atoms with Gasteiger partial charge in [0.05, 0.1) is 16.5 Å². The fraction of sp³-hybridized carbons (Fsp3) is 0.318. The van der Waals surface area contributed by atoms with E-state index in [2.05, 4.69) is 21.2 Å². The maximum absolute atomic E-state index is 12.4. The zero-order valence-electron chi connectivity index (χ0n) is 17.6. The number of esters is 1.